The van der Waals surface area contributed by atoms with Gasteiger partial charge in [0.15, 0.2) is 0 Å². The minimum atomic E-state index is -0.725. The quantitative estimate of drug-likeness (QED) is 0.712. The van der Waals surface area contributed by atoms with Crippen LogP contribution in [-0.2, 0) is 4.79 Å². The van der Waals surface area contributed by atoms with Crippen LogP contribution in [0.15, 0.2) is 0 Å². The molecule has 0 saturated heterocycles. The molecule has 0 aromatic carbocycles. The second-order valence-corrected chi connectivity index (χ2v) is 4.30. The maximum Gasteiger partial charge on any atom is 0.320 e. The number of nitrogens with one attached hydrogen (secondary N) is 1. The number of aliphatic carboxylic acids is 1. The predicted octanol–water partition coefficient (Wildman–Crippen LogP) is 2.02. The van der Waals surface area contributed by atoms with Gasteiger partial charge in [0, 0.05) is 6.04 Å². The van der Waals surface area contributed by atoms with E-state index in [9.17, 15) is 4.79 Å². The molecule has 1 fully saturated rings. The summed E-state index contributed by atoms with van der Waals surface area (Å²) in [7, 11) is 0. The fourth-order valence-corrected chi connectivity index (χ4v) is 2.27. The van der Waals surface area contributed by atoms with Crippen LogP contribution in [0.2, 0.25) is 0 Å². The summed E-state index contributed by atoms with van der Waals surface area (Å²) in [5, 5.41) is 12.1. The fourth-order valence-electron chi connectivity index (χ4n) is 2.27. The van der Waals surface area contributed by atoms with E-state index < -0.39 is 5.97 Å². The lowest BCUT2D eigenvalue weighted by atomic mass is 9.98. The molecule has 0 aromatic rings. The molecule has 1 aliphatic carbocycles. The van der Waals surface area contributed by atoms with Gasteiger partial charge in [-0.1, -0.05) is 19.8 Å². The summed E-state index contributed by atoms with van der Waals surface area (Å²) >= 11 is 0. The monoisotopic (exact) mass is 199 g/mol. The topological polar surface area (TPSA) is 49.3 Å². The number of rotatable bonds is 5. The van der Waals surface area contributed by atoms with E-state index in [4.69, 9.17) is 5.11 Å². The maximum absolute atomic E-state index is 10.8. The first-order valence-corrected chi connectivity index (χ1v) is 5.64. The average Bonchev–Trinajstić information content (AvgIpc) is 2.65. The Bertz CT molecular complexity index is 188. The molecule has 1 aliphatic rings. The number of hydrogen-bond acceptors (Lipinski definition) is 2. The van der Waals surface area contributed by atoms with E-state index in [2.05, 4.69) is 12.2 Å². The number of carboxylic acid groups (broad SMARTS) is 1. The minimum Gasteiger partial charge on any atom is -0.480 e. The molecule has 0 amide bonds. The summed E-state index contributed by atoms with van der Waals surface area (Å²) in [4.78, 5) is 10.8. The first-order valence-electron chi connectivity index (χ1n) is 5.64. The van der Waals surface area contributed by atoms with Crippen LogP contribution in [0.25, 0.3) is 0 Å². The van der Waals surface area contributed by atoms with E-state index in [0.717, 1.165) is 0 Å². The van der Waals surface area contributed by atoms with Crippen LogP contribution in [0.3, 0.4) is 0 Å². The average molecular weight is 199 g/mol. The van der Waals surface area contributed by atoms with Gasteiger partial charge in [-0.25, -0.2) is 0 Å². The lowest BCUT2D eigenvalue weighted by Crippen LogP contribution is -2.44. The molecule has 0 aliphatic heterocycles. The second-order valence-electron chi connectivity index (χ2n) is 4.30. The summed E-state index contributed by atoms with van der Waals surface area (Å²) < 4.78 is 0. The predicted molar refractivity (Wildman–Crippen MR) is 56.3 cm³/mol. The van der Waals surface area contributed by atoms with Crippen LogP contribution >= 0.6 is 0 Å². The van der Waals surface area contributed by atoms with E-state index in [1.807, 2.05) is 6.92 Å². The number of hydrogen-bond donors (Lipinski definition) is 2. The highest BCUT2D eigenvalue weighted by molar-refractivity contribution is 5.73. The smallest absolute Gasteiger partial charge is 0.320 e. The van der Waals surface area contributed by atoms with Gasteiger partial charge >= 0.3 is 5.97 Å². The van der Waals surface area contributed by atoms with E-state index in [1.165, 1.54) is 25.7 Å². The van der Waals surface area contributed by atoms with Crippen LogP contribution < -0.4 is 5.32 Å². The molecule has 2 atom stereocenters. The van der Waals surface area contributed by atoms with Crippen molar-refractivity contribution in [3.8, 4) is 0 Å². The lowest BCUT2D eigenvalue weighted by Gasteiger charge is -2.24. The molecule has 0 heterocycles. The summed E-state index contributed by atoms with van der Waals surface area (Å²) in [5.74, 6) is -0.0410. The normalized spacial score (nSPS) is 22.1. The highest BCUT2D eigenvalue weighted by atomic mass is 16.4. The third kappa shape index (κ3) is 2.98. The van der Waals surface area contributed by atoms with Crippen LogP contribution in [0.5, 0.6) is 0 Å². The molecular weight excluding hydrogens is 178 g/mol. The Morgan fingerprint density at radius 2 is 2.07 bits per heavy atom. The zero-order chi connectivity index (χ0) is 10.6. The van der Waals surface area contributed by atoms with Gasteiger partial charge < -0.3 is 10.4 Å². The first kappa shape index (κ1) is 11.5. The van der Waals surface area contributed by atoms with Crippen LogP contribution in [0.1, 0.15) is 46.0 Å². The van der Waals surface area contributed by atoms with Crippen molar-refractivity contribution in [2.75, 3.05) is 0 Å². The summed E-state index contributed by atoms with van der Waals surface area (Å²) in [6, 6.07) is -0.0239. The van der Waals surface area contributed by atoms with Crippen LogP contribution in [0, 0.1) is 5.92 Å². The number of carboxylic acids is 1. The molecule has 3 heteroatoms. The Labute approximate surface area is 85.9 Å². The maximum atomic E-state index is 10.8. The van der Waals surface area contributed by atoms with Gasteiger partial charge in [0.2, 0.25) is 0 Å². The van der Waals surface area contributed by atoms with Crippen molar-refractivity contribution in [2.24, 2.45) is 5.92 Å². The third-order valence-corrected chi connectivity index (χ3v) is 3.28. The van der Waals surface area contributed by atoms with Gasteiger partial charge in [0.25, 0.3) is 0 Å². The van der Waals surface area contributed by atoms with Gasteiger partial charge in [-0.2, -0.15) is 0 Å². The Kier molecular flexibility index (Phi) is 4.39. The molecule has 1 unspecified atom stereocenters. The van der Waals surface area contributed by atoms with Crippen molar-refractivity contribution < 1.29 is 9.90 Å². The van der Waals surface area contributed by atoms with Gasteiger partial charge in [0.05, 0.1) is 0 Å². The van der Waals surface area contributed by atoms with Crippen LogP contribution in [0.4, 0.5) is 0 Å². The van der Waals surface area contributed by atoms with E-state index >= 15 is 0 Å². The summed E-state index contributed by atoms with van der Waals surface area (Å²) in [5.41, 5.74) is 0. The van der Waals surface area contributed by atoms with Gasteiger partial charge in [-0.05, 0) is 32.1 Å². The largest absolute Gasteiger partial charge is 0.480 e. The molecule has 0 aromatic heterocycles. The Morgan fingerprint density at radius 1 is 1.50 bits per heavy atom. The molecule has 0 radical (unpaired) electrons. The van der Waals surface area contributed by atoms with Crippen molar-refractivity contribution in [2.45, 2.75) is 58.0 Å². The molecule has 0 spiro atoms. The lowest BCUT2D eigenvalue weighted by molar-refractivity contribution is -0.139. The van der Waals surface area contributed by atoms with Crippen molar-refractivity contribution in [3.05, 3.63) is 0 Å². The highest BCUT2D eigenvalue weighted by Crippen LogP contribution is 2.27. The van der Waals surface area contributed by atoms with E-state index in [1.54, 1.807) is 0 Å². The molecule has 0 bridgehead atoms. The van der Waals surface area contributed by atoms with E-state index in [0.29, 0.717) is 18.4 Å². The molecular formula is C11H21NO2. The van der Waals surface area contributed by atoms with Crippen molar-refractivity contribution in [1.29, 1.82) is 0 Å². The minimum absolute atomic E-state index is 0.346. The molecule has 2 N–H and O–H groups in total. The third-order valence-electron chi connectivity index (χ3n) is 3.28. The summed E-state index contributed by atoms with van der Waals surface area (Å²) in [6.07, 6.45) is 5.78. The first-order chi connectivity index (χ1) is 6.65. The summed E-state index contributed by atoms with van der Waals surface area (Å²) in [6.45, 7) is 4.02. The highest BCUT2D eigenvalue weighted by Gasteiger charge is 2.25. The molecule has 3 nitrogen and oxygen atoms in total. The molecule has 1 saturated carbocycles. The van der Waals surface area contributed by atoms with Gasteiger partial charge in [-0.3, -0.25) is 4.79 Å². The molecule has 82 valence electrons. The SMILES string of the molecule is CCC(N[C@@H](C)C1CCCC1)C(=O)O. The number of carbonyl (C=O) groups is 1. The van der Waals surface area contributed by atoms with Crippen molar-refractivity contribution in [1.82, 2.24) is 5.32 Å². The van der Waals surface area contributed by atoms with Crippen molar-refractivity contribution >= 4 is 5.97 Å². The zero-order valence-electron chi connectivity index (χ0n) is 9.12. The van der Waals surface area contributed by atoms with Crippen LogP contribution in [-0.4, -0.2) is 23.2 Å². The van der Waals surface area contributed by atoms with Gasteiger partial charge in [0.1, 0.15) is 6.04 Å². The molecule has 14 heavy (non-hydrogen) atoms. The Hall–Kier alpha value is -0.570. The van der Waals surface area contributed by atoms with E-state index in [-0.39, 0.29) is 6.04 Å². The second kappa shape index (κ2) is 5.35. The Morgan fingerprint density at radius 3 is 2.50 bits per heavy atom. The fraction of sp³-hybridized carbons (Fsp3) is 0.909. The Balaban J connectivity index is 2.37. The zero-order valence-corrected chi connectivity index (χ0v) is 9.12. The standard InChI is InChI=1S/C11H21NO2/c1-3-10(11(13)14)12-8(2)9-6-4-5-7-9/h8-10,12H,3-7H2,1-2H3,(H,13,14)/t8-,10?/m0/s1. The van der Waals surface area contributed by atoms with Crippen molar-refractivity contribution in [3.63, 3.8) is 0 Å². The van der Waals surface area contributed by atoms with Gasteiger partial charge in [-0.15, -0.1) is 0 Å². The molecule has 1 rings (SSSR count).